The molecule has 0 unspecified atom stereocenters. The maximum absolute atomic E-state index is 10.7. The van der Waals surface area contributed by atoms with Crippen LogP contribution in [0.2, 0.25) is 0 Å². The number of hydrogen-bond donors (Lipinski definition) is 1. The summed E-state index contributed by atoms with van der Waals surface area (Å²) in [6, 6.07) is 0. The second-order valence-corrected chi connectivity index (χ2v) is 6.82. The average Bonchev–Trinajstić information content (AvgIpc) is 2.57. The SMILES string of the molecule is CC(C)C.[CH2-]CN(CC(C)C)C([CH2-])=O.[CH2-]CN(CC=O)C([CH2-])=O.[CH2-]CNC([CH2-])=O.[Y].[Y].[Y]. The van der Waals surface area contributed by atoms with Crippen LogP contribution in [0.5, 0.6) is 0 Å². The fraction of sp³-hybridized carbons (Fsp3) is 0.545. The molecular weight excluding hydrogens is 637 g/mol. The molecule has 0 aliphatic carbocycles. The molecule has 183 valence electrons. The van der Waals surface area contributed by atoms with Gasteiger partial charge in [0.2, 0.25) is 0 Å². The maximum Gasteiger partial charge on any atom is 0.139 e. The first-order chi connectivity index (χ1) is 13.3. The van der Waals surface area contributed by atoms with Crippen LogP contribution < -0.4 is 5.32 Å². The Morgan fingerprint density at radius 1 is 0.812 bits per heavy atom. The van der Waals surface area contributed by atoms with Gasteiger partial charge in [-0.3, -0.25) is 0 Å². The van der Waals surface area contributed by atoms with E-state index < -0.39 is 0 Å². The molecule has 0 heterocycles. The van der Waals surface area contributed by atoms with Crippen LogP contribution in [0.1, 0.15) is 34.6 Å². The fourth-order valence-electron chi connectivity index (χ4n) is 1.31. The van der Waals surface area contributed by atoms with Gasteiger partial charge in [-0.25, -0.2) is 0 Å². The minimum atomic E-state index is -0.364. The van der Waals surface area contributed by atoms with E-state index in [4.69, 9.17) is 0 Å². The number of carbonyl (C=O) groups is 4. The van der Waals surface area contributed by atoms with Crippen molar-refractivity contribution in [2.24, 2.45) is 11.8 Å². The van der Waals surface area contributed by atoms with Crippen molar-refractivity contribution in [3.05, 3.63) is 41.5 Å². The van der Waals surface area contributed by atoms with Crippen molar-refractivity contribution in [2.45, 2.75) is 34.6 Å². The van der Waals surface area contributed by atoms with Gasteiger partial charge in [-0.2, -0.15) is 0 Å². The monoisotopic (exact) mass is 678 g/mol. The molecule has 0 aromatic carbocycles. The van der Waals surface area contributed by atoms with Crippen LogP contribution in [0.4, 0.5) is 0 Å². The van der Waals surface area contributed by atoms with Crippen molar-refractivity contribution in [3.8, 4) is 0 Å². The Hall–Kier alpha value is 1.00. The summed E-state index contributed by atoms with van der Waals surface area (Å²) >= 11 is 0. The molecule has 0 saturated heterocycles. The Labute approximate surface area is 273 Å². The van der Waals surface area contributed by atoms with Crippen LogP contribution in [0.25, 0.3) is 0 Å². The number of carbonyl (C=O) groups excluding carboxylic acids is 4. The number of nitrogens with one attached hydrogen (secondary N) is 1. The van der Waals surface area contributed by atoms with E-state index >= 15 is 0 Å². The number of hydrogen-bond acceptors (Lipinski definition) is 4. The van der Waals surface area contributed by atoms with Crippen LogP contribution in [0.3, 0.4) is 0 Å². The summed E-state index contributed by atoms with van der Waals surface area (Å²) in [6.07, 6.45) is 0.647. The van der Waals surface area contributed by atoms with Crippen LogP contribution in [0, 0.1) is 53.4 Å². The number of amides is 3. The summed E-state index contributed by atoms with van der Waals surface area (Å²) in [5, 5.41) is 2.35. The van der Waals surface area contributed by atoms with E-state index in [1.54, 1.807) is 4.90 Å². The zero-order chi connectivity index (χ0) is 24.0. The maximum atomic E-state index is 10.7. The average molecular weight is 678 g/mol. The van der Waals surface area contributed by atoms with Gasteiger partial charge in [0, 0.05) is 105 Å². The van der Waals surface area contributed by atoms with Crippen molar-refractivity contribution < 1.29 is 117 Å². The molecule has 0 aromatic rings. The molecule has 0 fully saturated rings. The molecule has 0 aromatic heterocycles. The summed E-state index contributed by atoms with van der Waals surface area (Å²) in [5.41, 5.74) is 0. The van der Waals surface area contributed by atoms with Crippen LogP contribution >= 0.6 is 0 Å². The van der Waals surface area contributed by atoms with Crippen molar-refractivity contribution >= 4 is 24.0 Å². The second kappa shape index (κ2) is 36.6. The number of nitrogens with zero attached hydrogens (tertiary/aromatic N) is 2. The van der Waals surface area contributed by atoms with Crippen molar-refractivity contribution in [1.29, 1.82) is 0 Å². The first-order valence-electron chi connectivity index (χ1n) is 9.43. The van der Waals surface area contributed by atoms with Gasteiger partial charge in [-0.05, 0) is 11.8 Å². The first kappa shape index (κ1) is 50.0. The summed E-state index contributed by atoms with van der Waals surface area (Å²) < 4.78 is 0. The minimum Gasteiger partial charge on any atom is -0.411 e. The molecule has 0 rings (SSSR count). The van der Waals surface area contributed by atoms with E-state index in [0.717, 1.165) is 12.5 Å². The van der Waals surface area contributed by atoms with E-state index in [1.165, 1.54) is 4.90 Å². The molecule has 7 nitrogen and oxygen atoms in total. The molecule has 0 atom stereocenters. The van der Waals surface area contributed by atoms with E-state index in [2.05, 4.69) is 81.5 Å². The van der Waals surface area contributed by atoms with Crippen LogP contribution in [-0.4, -0.2) is 66.5 Å². The predicted octanol–water partition coefficient (Wildman–Crippen LogP) is 2.25. The van der Waals surface area contributed by atoms with Gasteiger partial charge in [-0.15, -0.1) is 19.6 Å². The van der Waals surface area contributed by atoms with Gasteiger partial charge in [-0.1, -0.05) is 34.6 Å². The van der Waals surface area contributed by atoms with Crippen LogP contribution in [-0.2, 0) is 117 Å². The second-order valence-electron chi connectivity index (χ2n) is 6.82. The Morgan fingerprint density at radius 2 is 1.16 bits per heavy atom. The van der Waals surface area contributed by atoms with Gasteiger partial charge in [0.15, 0.2) is 0 Å². The third-order valence-corrected chi connectivity index (χ3v) is 2.45. The zero-order valence-corrected chi connectivity index (χ0v) is 29.3. The normalized spacial score (nSPS) is 8.06. The predicted molar refractivity (Wildman–Crippen MR) is 120 cm³/mol. The molecule has 3 radical (unpaired) electrons. The first-order valence-corrected chi connectivity index (χ1v) is 9.43. The molecule has 0 saturated carbocycles. The molecule has 0 aliphatic rings. The standard InChI is InChI=1S/C8H15NO.C6H9NO2.C4H7NO.C4H10.3Y/c1-5-9(8(4)10)6-7(2)3;1-3-7(4-5-8)6(2)9;1-3-5-4(2)6;1-4(2)3;;;/h7H,1,4-6H2,2-3H3;5H,1-4H2;1-3H2,(H,5,6);4H,1-3H3;;;/q3*-2;;;;. The smallest absolute Gasteiger partial charge is 0.139 e. The van der Waals surface area contributed by atoms with E-state index in [9.17, 15) is 19.2 Å². The Bertz CT molecular complexity index is 436. The zero-order valence-electron chi connectivity index (χ0n) is 20.8. The van der Waals surface area contributed by atoms with Gasteiger partial charge in [0.25, 0.3) is 0 Å². The Kier molecular flexibility index (Phi) is 57.1. The van der Waals surface area contributed by atoms with E-state index in [0.29, 0.717) is 31.8 Å². The Balaban J connectivity index is -0.0000000528. The topological polar surface area (TPSA) is 86.8 Å². The summed E-state index contributed by atoms with van der Waals surface area (Å²) in [4.78, 5) is 43.5. The van der Waals surface area contributed by atoms with E-state index in [-0.39, 0.29) is 122 Å². The third-order valence-electron chi connectivity index (χ3n) is 2.45. The molecular formula is C22H41N3O4Y3-6. The molecule has 0 bridgehead atoms. The van der Waals surface area contributed by atoms with Gasteiger partial charge < -0.3 is 75.8 Å². The number of rotatable bonds is 7. The van der Waals surface area contributed by atoms with Crippen molar-refractivity contribution in [1.82, 2.24) is 15.1 Å². The molecule has 10 heteroatoms. The van der Waals surface area contributed by atoms with Gasteiger partial charge >= 0.3 is 0 Å². The molecule has 1 N–H and O–H groups in total. The van der Waals surface area contributed by atoms with E-state index in [1.807, 2.05) is 0 Å². The summed E-state index contributed by atoms with van der Waals surface area (Å²) in [5.74, 6) is 0.554. The quantitative estimate of drug-likeness (QED) is 0.331. The number of aldehydes is 1. The summed E-state index contributed by atoms with van der Waals surface area (Å²) in [6.45, 7) is 32.6. The van der Waals surface area contributed by atoms with Crippen molar-refractivity contribution in [3.63, 3.8) is 0 Å². The molecule has 0 spiro atoms. The molecule has 32 heavy (non-hydrogen) atoms. The molecule has 3 amide bonds. The van der Waals surface area contributed by atoms with Gasteiger partial charge in [0.1, 0.15) is 6.29 Å². The largest absolute Gasteiger partial charge is 0.411 e. The Morgan fingerprint density at radius 3 is 1.22 bits per heavy atom. The minimum absolute atomic E-state index is 0. The summed E-state index contributed by atoms with van der Waals surface area (Å²) in [7, 11) is 0. The van der Waals surface area contributed by atoms with Gasteiger partial charge in [0.05, 0.1) is 24.3 Å². The molecule has 0 aliphatic heterocycles. The fourth-order valence-corrected chi connectivity index (χ4v) is 1.31. The van der Waals surface area contributed by atoms with Crippen LogP contribution in [0.15, 0.2) is 0 Å². The van der Waals surface area contributed by atoms with Crippen molar-refractivity contribution in [2.75, 3.05) is 32.7 Å². The third kappa shape index (κ3) is 52.7.